The normalized spacial score (nSPS) is 15.4. The molecule has 0 radical (unpaired) electrons. The fourth-order valence-electron chi connectivity index (χ4n) is 3.30. The van der Waals surface area contributed by atoms with Crippen LogP contribution in [0.15, 0.2) is 72.8 Å². The molecule has 0 unspecified atom stereocenters. The van der Waals surface area contributed by atoms with Gasteiger partial charge in [-0.2, -0.15) is 0 Å². The summed E-state index contributed by atoms with van der Waals surface area (Å²) in [6, 6.07) is 22.1. The van der Waals surface area contributed by atoms with Crippen LogP contribution >= 0.6 is 23.2 Å². The summed E-state index contributed by atoms with van der Waals surface area (Å²) in [6.07, 6.45) is 0.185. The molecule has 25 heavy (non-hydrogen) atoms. The van der Waals surface area contributed by atoms with E-state index in [9.17, 15) is 4.79 Å². The molecule has 0 atom stereocenters. The number of halogens is 2. The van der Waals surface area contributed by atoms with Crippen LogP contribution in [0.2, 0.25) is 10.0 Å². The number of carbonyl (C=O) groups is 1. The van der Waals surface area contributed by atoms with Crippen molar-refractivity contribution in [3.63, 3.8) is 0 Å². The highest BCUT2D eigenvalue weighted by Gasteiger charge is 2.43. The van der Waals surface area contributed by atoms with Crippen molar-refractivity contribution in [3.8, 4) is 5.75 Å². The Morgan fingerprint density at radius 2 is 1.40 bits per heavy atom. The number of para-hydroxylation sites is 1. The van der Waals surface area contributed by atoms with Gasteiger partial charge in [-0.25, -0.2) is 0 Å². The molecule has 4 rings (SSSR count). The molecule has 0 fully saturated rings. The second kappa shape index (κ2) is 6.21. The molecule has 3 aromatic carbocycles. The van der Waals surface area contributed by atoms with Crippen LogP contribution < -0.4 is 4.74 Å². The molecule has 0 saturated carbocycles. The highest BCUT2D eigenvalue weighted by atomic mass is 35.5. The van der Waals surface area contributed by atoms with Crippen LogP contribution in [-0.2, 0) is 5.60 Å². The van der Waals surface area contributed by atoms with Gasteiger partial charge in [-0.15, -0.1) is 0 Å². The van der Waals surface area contributed by atoms with Crippen LogP contribution in [0.5, 0.6) is 5.75 Å². The van der Waals surface area contributed by atoms with Gasteiger partial charge in [-0.3, -0.25) is 4.79 Å². The first-order valence-corrected chi connectivity index (χ1v) is 8.67. The van der Waals surface area contributed by atoms with E-state index in [1.165, 1.54) is 0 Å². The van der Waals surface area contributed by atoms with E-state index in [0.717, 1.165) is 11.1 Å². The summed E-state index contributed by atoms with van der Waals surface area (Å²) in [5.74, 6) is 0.598. The SMILES string of the molecule is O=C1CC(c2cccc(Cl)c2)(c2cccc(Cl)c2)Oc2ccccc21. The summed E-state index contributed by atoms with van der Waals surface area (Å²) in [5.41, 5.74) is 1.29. The van der Waals surface area contributed by atoms with Crippen molar-refractivity contribution in [2.24, 2.45) is 0 Å². The smallest absolute Gasteiger partial charge is 0.171 e. The number of fused-ring (bicyclic) bond motifs is 1. The zero-order chi connectivity index (χ0) is 17.4. The Bertz CT molecular complexity index is 920. The Kier molecular flexibility index (Phi) is 4.03. The molecule has 0 aliphatic carbocycles. The van der Waals surface area contributed by atoms with Crippen molar-refractivity contribution in [1.29, 1.82) is 0 Å². The van der Waals surface area contributed by atoms with Crippen LogP contribution in [0.25, 0.3) is 0 Å². The number of Topliss-reactive ketones (excluding diaryl/α,β-unsaturated/α-hetero) is 1. The summed E-state index contributed by atoms with van der Waals surface area (Å²) < 4.78 is 6.43. The molecule has 1 heterocycles. The number of benzene rings is 3. The molecule has 0 N–H and O–H groups in total. The second-order valence-electron chi connectivity index (χ2n) is 6.05. The number of rotatable bonds is 2. The molecule has 0 bridgehead atoms. The van der Waals surface area contributed by atoms with E-state index in [2.05, 4.69) is 0 Å². The molecular weight excluding hydrogens is 355 g/mol. The lowest BCUT2D eigenvalue weighted by molar-refractivity contribution is 0.0617. The third-order valence-electron chi connectivity index (χ3n) is 4.46. The van der Waals surface area contributed by atoms with Gasteiger partial charge in [0.05, 0.1) is 12.0 Å². The number of hydrogen-bond donors (Lipinski definition) is 0. The van der Waals surface area contributed by atoms with Crippen LogP contribution in [0.3, 0.4) is 0 Å². The van der Waals surface area contributed by atoms with Crippen molar-refractivity contribution in [3.05, 3.63) is 99.5 Å². The largest absolute Gasteiger partial charge is 0.477 e. The van der Waals surface area contributed by atoms with Gasteiger partial charge in [0.1, 0.15) is 5.75 Å². The van der Waals surface area contributed by atoms with E-state index >= 15 is 0 Å². The van der Waals surface area contributed by atoms with Crippen molar-refractivity contribution in [1.82, 2.24) is 0 Å². The van der Waals surface area contributed by atoms with Gasteiger partial charge < -0.3 is 4.74 Å². The van der Waals surface area contributed by atoms with Gasteiger partial charge in [0, 0.05) is 21.2 Å². The Labute approximate surface area is 156 Å². The third kappa shape index (κ3) is 2.82. The van der Waals surface area contributed by atoms with Crippen molar-refractivity contribution in [2.75, 3.05) is 0 Å². The molecule has 3 aromatic rings. The quantitative estimate of drug-likeness (QED) is 0.562. The van der Waals surface area contributed by atoms with Crippen LogP contribution in [-0.4, -0.2) is 5.78 Å². The number of hydrogen-bond acceptors (Lipinski definition) is 2. The average molecular weight is 369 g/mol. The lowest BCUT2D eigenvalue weighted by atomic mass is 9.79. The van der Waals surface area contributed by atoms with Gasteiger partial charge in [-0.05, 0) is 36.4 Å². The van der Waals surface area contributed by atoms with Gasteiger partial charge in [0.15, 0.2) is 11.4 Å². The topological polar surface area (TPSA) is 26.3 Å². The van der Waals surface area contributed by atoms with Crippen molar-refractivity contribution >= 4 is 29.0 Å². The molecule has 124 valence electrons. The van der Waals surface area contributed by atoms with E-state index in [0.29, 0.717) is 21.4 Å². The second-order valence-corrected chi connectivity index (χ2v) is 6.92. The van der Waals surface area contributed by atoms with Gasteiger partial charge in [0.2, 0.25) is 0 Å². The van der Waals surface area contributed by atoms with E-state index in [1.807, 2.05) is 54.6 Å². The monoisotopic (exact) mass is 368 g/mol. The lowest BCUT2D eigenvalue weighted by Gasteiger charge is -2.39. The number of ketones is 1. The summed E-state index contributed by atoms with van der Waals surface area (Å²) in [6.45, 7) is 0. The van der Waals surface area contributed by atoms with Crippen LogP contribution in [0.1, 0.15) is 27.9 Å². The van der Waals surface area contributed by atoms with Crippen molar-refractivity contribution < 1.29 is 9.53 Å². The molecule has 4 heteroatoms. The summed E-state index contributed by atoms with van der Waals surface area (Å²) in [5, 5.41) is 1.18. The van der Waals surface area contributed by atoms with E-state index in [4.69, 9.17) is 27.9 Å². The predicted octanol–water partition coefficient (Wildman–Crippen LogP) is 5.90. The molecule has 1 aliphatic heterocycles. The first kappa shape index (κ1) is 16.2. The van der Waals surface area contributed by atoms with Gasteiger partial charge >= 0.3 is 0 Å². The highest BCUT2D eigenvalue weighted by Crippen LogP contribution is 2.45. The summed E-state index contributed by atoms with van der Waals surface area (Å²) in [7, 11) is 0. The number of carbonyl (C=O) groups excluding carboxylic acids is 1. The predicted molar refractivity (Wildman–Crippen MR) is 99.7 cm³/mol. The molecule has 1 aliphatic rings. The number of ether oxygens (including phenoxy) is 1. The van der Waals surface area contributed by atoms with Crippen LogP contribution in [0.4, 0.5) is 0 Å². The van der Waals surface area contributed by atoms with Crippen molar-refractivity contribution in [2.45, 2.75) is 12.0 Å². The molecule has 0 amide bonds. The summed E-state index contributed by atoms with van der Waals surface area (Å²) in [4.78, 5) is 12.9. The standard InChI is InChI=1S/C21H14Cl2O2/c22-16-7-3-5-14(11-16)21(15-6-4-8-17(23)12-15)13-19(24)18-9-1-2-10-20(18)25-21/h1-12H,13H2. The average Bonchev–Trinajstić information content (AvgIpc) is 2.61. The fraction of sp³-hybridized carbons (Fsp3) is 0.0952. The first-order chi connectivity index (χ1) is 12.1. The minimum Gasteiger partial charge on any atom is -0.477 e. The fourth-order valence-corrected chi connectivity index (χ4v) is 3.68. The Balaban J connectivity index is 1.97. The van der Waals surface area contributed by atoms with Gasteiger partial charge in [0.25, 0.3) is 0 Å². The Morgan fingerprint density at radius 1 is 0.800 bits per heavy atom. The van der Waals surface area contributed by atoms with Gasteiger partial charge in [-0.1, -0.05) is 59.6 Å². The van der Waals surface area contributed by atoms with Crippen LogP contribution in [0, 0.1) is 0 Å². The Hall–Kier alpha value is -2.29. The highest BCUT2D eigenvalue weighted by molar-refractivity contribution is 6.31. The molecule has 0 saturated heterocycles. The Morgan fingerprint density at radius 3 is 2.00 bits per heavy atom. The molecular formula is C21H14Cl2O2. The molecule has 0 aromatic heterocycles. The minimum atomic E-state index is -0.957. The molecule has 2 nitrogen and oxygen atoms in total. The third-order valence-corrected chi connectivity index (χ3v) is 4.93. The van der Waals surface area contributed by atoms with E-state index < -0.39 is 5.60 Å². The maximum Gasteiger partial charge on any atom is 0.171 e. The molecule has 0 spiro atoms. The lowest BCUT2D eigenvalue weighted by Crippen LogP contribution is -2.40. The zero-order valence-electron chi connectivity index (χ0n) is 13.2. The maximum atomic E-state index is 12.9. The maximum absolute atomic E-state index is 12.9. The first-order valence-electron chi connectivity index (χ1n) is 7.92. The van der Waals surface area contributed by atoms with E-state index in [-0.39, 0.29) is 12.2 Å². The zero-order valence-corrected chi connectivity index (χ0v) is 14.7. The summed E-state index contributed by atoms with van der Waals surface area (Å²) >= 11 is 12.4. The minimum absolute atomic E-state index is 0.0294. The van der Waals surface area contributed by atoms with E-state index in [1.54, 1.807) is 18.2 Å².